The molecule has 1 aromatic rings. The molecule has 2 heterocycles. The maximum atomic E-state index is 11.4. The minimum Gasteiger partial charge on any atom is -0.481 e. The zero-order valence-corrected chi connectivity index (χ0v) is 12.5. The van der Waals surface area contributed by atoms with E-state index in [0.717, 1.165) is 11.3 Å². The summed E-state index contributed by atoms with van der Waals surface area (Å²) in [5, 5.41) is 18.7. The lowest BCUT2D eigenvalue weighted by molar-refractivity contribution is -0.141. The third-order valence-corrected chi connectivity index (χ3v) is 3.82. The summed E-state index contributed by atoms with van der Waals surface area (Å²) in [7, 11) is 0. The summed E-state index contributed by atoms with van der Waals surface area (Å²) in [6, 6.07) is 3.74. The van der Waals surface area contributed by atoms with Crippen LogP contribution >= 0.6 is 0 Å². The van der Waals surface area contributed by atoms with Crippen molar-refractivity contribution in [1.82, 2.24) is 4.98 Å². The lowest BCUT2D eigenvalue weighted by Crippen LogP contribution is -2.44. The number of nitriles is 1. The second-order valence-electron chi connectivity index (χ2n) is 5.23. The Hall–Kier alpha value is -2.13. The highest BCUT2D eigenvalue weighted by Crippen LogP contribution is 2.28. The van der Waals surface area contributed by atoms with Crippen LogP contribution in [0.25, 0.3) is 0 Å². The first kappa shape index (κ1) is 15.3. The normalized spacial score (nSPS) is 21.0. The van der Waals surface area contributed by atoms with Crippen LogP contribution in [-0.4, -0.2) is 41.9 Å². The van der Waals surface area contributed by atoms with E-state index in [1.807, 2.05) is 31.7 Å². The molecule has 0 saturated carbocycles. The summed E-state index contributed by atoms with van der Waals surface area (Å²) in [5.41, 5.74) is 2.16. The van der Waals surface area contributed by atoms with Crippen molar-refractivity contribution in [1.29, 1.82) is 5.26 Å². The molecule has 0 radical (unpaired) electrons. The van der Waals surface area contributed by atoms with E-state index >= 15 is 0 Å². The smallest absolute Gasteiger partial charge is 0.311 e. The molecule has 0 spiro atoms. The number of rotatable bonds is 4. The Kier molecular flexibility index (Phi) is 4.43. The van der Waals surface area contributed by atoms with Gasteiger partial charge in [0.15, 0.2) is 0 Å². The number of carbonyl (C=O) groups is 1. The number of aryl methyl sites for hydroxylation is 2. The van der Waals surface area contributed by atoms with Crippen molar-refractivity contribution in [3.05, 3.63) is 22.9 Å². The number of ether oxygens (including phenoxy) is 1. The maximum Gasteiger partial charge on any atom is 0.311 e. The van der Waals surface area contributed by atoms with E-state index in [4.69, 9.17) is 4.74 Å². The molecule has 1 aromatic heterocycles. The van der Waals surface area contributed by atoms with Crippen molar-refractivity contribution in [3.63, 3.8) is 0 Å². The number of nitrogens with zero attached hydrogens (tertiary/aromatic N) is 3. The van der Waals surface area contributed by atoms with Crippen molar-refractivity contribution in [2.75, 3.05) is 24.7 Å². The molecule has 112 valence electrons. The van der Waals surface area contributed by atoms with E-state index in [0.29, 0.717) is 24.5 Å². The lowest BCUT2D eigenvalue weighted by atomic mass is 10.0. The Labute approximate surface area is 124 Å². The molecule has 1 N–H and O–H groups in total. The Morgan fingerprint density at radius 2 is 2.29 bits per heavy atom. The summed E-state index contributed by atoms with van der Waals surface area (Å²) in [6.07, 6.45) is 0. The van der Waals surface area contributed by atoms with Gasteiger partial charge in [0.2, 0.25) is 0 Å². The number of carboxylic acid groups (broad SMARTS) is 1. The average Bonchev–Trinajstić information content (AvgIpc) is 2.88. The molecule has 2 rings (SSSR count). The van der Waals surface area contributed by atoms with Gasteiger partial charge in [-0.3, -0.25) is 4.79 Å². The first-order valence-electron chi connectivity index (χ1n) is 6.95. The largest absolute Gasteiger partial charge is 0.481 e. The molecule has 1 aliphatic heterocycles. The first-order valence-corrected chi connectivity index (χ1v) is 6.95. The highest BCUT2D eigenvalue weighted by Gasteiger charge is 2.39. The van der Waals surface area contributed by atoms with Crippen LogP contribution in [0.2, 0.25) is 0 Å². The zero-order valence-electron chi connectivity index (χ0n) is 12.5. The number of aliphatic carboxylic acids is 1. The van der Waals surface area contributed by atoms with Crippen molar-refractivity contribution in [2.45, 2.75) is 26.8 Å². The molecular weight excluding hydrogens is 270 g/mol. The van der Waals surface area contributed by atoms with E-state index < -0.39 is 11.9 Å². The van der Waals surface area contributed by atoms with Crippen LogP contribution in [0.15, 0.2) is 6.07 Å². The van der Waals surface area contributed by atoms with Gasteiger partial charge in [-0.25, -0.2) is 4.98 Å². The molecular formula is C15H19N3O3. The molecule has 1 aliphatic rings. The lowest BCUT2D eigenvalue weighted by Gasteiger charge is -2.31. The van der Waals surface area contributed by atoms with Crippen LogP contribution in [0.3, 0.4) is 0 Å². The number of anilines is 1. The third-order valence-electron chi connectivity index (χ3n) is 3.82. The molecule has 0 aliphatic carbocycles. The van der Waals surface area contributed by atoms with Gasteiger partial charge in [0, 0.05) is 12.2 Å². The highest BCUT2D eigenvalue weighted by atomic mass is 16.5. The van der Waals surface area contributed by atoms with Crippen molar-refractivity contribution in [3.8, 4) is 6.07 Å². The van der Waals surface area contributed by atoms with Crippen molar-refractivity contribution >= 4 is 11.8 Å². The monoisotopic (exact) mass is 289 g/mol. The fourth-order valence-corrected chi connectivity index (χ4v) is 2.79. The number of pyridine rings is 1. The number of hydrogen-bond acceptors (Lipinski definition) is 5. The Morgan fingerprint density at radius 1 is 1.57 bits per heavy atom. The standard InChI is InChI=1S/C15H19N3O3/c1-4-18(13-8-21-7-12(13)15(19)20)14-11(6-16)9(2)5-10(3)17-14/h5,12-13H,4,7-8H2,1-3H3,(H,19,20). The van der Waals surface area contributed by atoms with Crippen LogP contribution in [0.4, 0.5) is 5.82 Å². The molecule has 6 heteroatoms. The summed E-state index contributed by atoms with van der Waals surface area (Å²) >= 11 is 0. The quantitative estimate of drug-likeness (QED) is 0.904. The fraction of sp³-hybridized carbons (Fsp3) is 0.533. The predicted molar refractivity (Wildman–Crippen MR) is 77.2 cm³/mol. The highest BCUT2D eigenvalue weighted by molar-refractivity contribution is 5.73. The molecule has 0 aromatic carbocycles. The molecule has 1 fully saturated rings. The molecule has 0 bridgehead atoms. The minimum absolute atomic E-state index is 0.198. The summed E-state index contributed by atoms with van der Waals surface area (Å²) in [6.45, 7) is 6.77. The zero-order chi connectivity index (χ0) is 15.6. The van der Waals surface area contributed by atoms with E-state index in [-0.39, 0.29) is 12.6 Å². The van der Waals surface area contributed by atoms with Crippen LogP contribution in [0.5, 0.6) is 0 Å². The van der Waals surface area contributed by atoms with Gasteiger partial charge in [0.05, 0.1) is 24.8 Å². The number of hydrogen-bond donors (Lipinski definition) is 1. The molecule has 0 amide bonds. The van der Waals surface area contributed by atoms with Gasteiger partial charge in [0.25, 0.3) is 0 Å². The SMILES string of the molecule is CCN(c1nc(C)cc(C)c1C#N)C1COCC1C(=O)O. The van der Waals surface area contributed by atoms with Crippen LogP contribution in [-0.2, 0) is 9.53 Å². The third kappa shape index (κ3) is 2.83. The van der Waals surface area contributed by atoms with Gasteiger partial charge in [-0.2, -0.15) is 5.26 Å². The van der Waals surface area contributed by atoms with Gasteiger partial charge < -0.3 is 14.7 Å². The van der Waals surface area contributed by atoms with E-state index in [1.165, 1.54) is 0 Å². The van der Waals surface area contributed by atoms with E-state index in [9.17, 15) is 15.2 Å². The molecule has 21 heavy (non-hydrogen) atoms. The van der Waals surface area contributed by atoms with Gasteiger partial charge in [-0.1, -0.05) is 0 Å². The molecule has 6 nitrogen and oxygen atoms in total. The fourth-order valence-electron chi connectivity index (χ4n) is 2.79. The van der Waals surface area contributed by atoms with Gasteiger partial charge in [-0.15, -0.1) is 0 Å². The van der Waals surface area contributed by atoms with Crippen molar-refractivity contribution in [2.24, 2.45) is 5.92 Å². The molecule has 1 saturated heterocycles. The number of carboxylic acids is 1. The second kappa shape index (κ2) is 6.10. The van der Waals surface area contributed by atoms with E-state index in [2.05, 4.69) is 11.1 Å². The van der Waals surface area contributed by atoms with Crippen molar-refractivity contribution < 1.29 is 14.6 Å². The molecule has 2 unspecified atom stereocenters. The topological polar surface area (TPSA) is 86.5 Å². The summed E-state index contributed by atoms with van der Waals surface area (Å²) < 4.78 is 5.34. The predicted octanol–water partition coefficient (Wildman–Crippen LogP) is 1.50. The first-order chi connectivity index (χ1) is 9.99. The van der Waals surface area contributed by atoms with Crippen LogP contribution < -0.4 is 4.90 Å². The Bertz CT molecular complexity index is 595. The Balaban J connectivity index is 2.47. The number of aromatic nitrogens is 1. The van der Waals surface area contributed by atoms with Gasteiger partial charge in [-0.05, 0) is 32.4 Å². The molecule has 2 atom stereocenters. The van der Waals surface area contributed by atoms with Crippen LogP contribution in [0, 0.1) is 31.1 Å². The second-order valence-corrected chi connectivity index (χ2v) is 5.23. The average molecular weight is 289 g/mol. The van der Waals surface area contributed by atoms with Gasteiger partial charge in [0.1, 0.15) is 17.8 Å². The summed E-state index contributed by atoms with van der Waals surface area (Å²) in [4.78, 5) is 17.7. The minimum atomic E-state index is -0.876. The number of likely N-dealkylation sites (N-methyl/N-ethyl adjacent to an activating group) is 1. The van der Waals surface area contributed by atoms with E-state index in [1.54, 1.807) is 0 Å². The van der Waals surface area contributed by atoms with Crippen LogP contribution in [0.1, 0.15) is 23.7 Å². The Morgan fingerprint density at radius 3 is 2.86 bits per heavy atom. The van der Waals surface area contributed by atoms with Gasteiger partial charge >= 0.3 is 5.97 Å². The maximum absolute atomic E-state index is 11.4. The summed E-state index contributed by atoms with van der Waals surface area (Å²) in [5.74, 6) is -0.919.